The van der Waals surface area contributed by atoms with Gasteiger partial charge in [-0.15, -0.1) is 11.3 Å². The van der Waals surface area contributed by atoms with Crippen LogP contribution in [0.2, 0.25) is 0 Å². The van der Waals surface area contributed by atoms with E-state index in [4.69, 9.17) is 11.5 Å². The Morgan fingerprint density at radius 3 is 1.69 bits per heavy atom. The lowest BCUT2D eigenvalue weighted by molar-refractivity contribution is 0.0651. The van der Waals surface area contributed by atoms with Crippen molar-refractivity contribution < 1.29 is 29.4 Å². The minimum Gasteiger partial charge on any atom is -0.478 e. The van der Waals surface area contributed by atoms with Crippen molar-refractivity contribution in [2.45, 2.75) is 0 Å². The van der Waals surface area contributed by atoms with E-state index in [1.807, 2.05) is 0 Å². The summed E-state index contributed by atoms with van der Waals surface area (Å²) in [6.45, 7) is 0. The van der Waals surface area contributed by atoms with E-state index < -0.39 is 46.0 Å². The standard InChI is InChI=1S/C14H10N2O6.C12H8S/c15-11(17)7-5-3-1-2-4-6(5)8(13(19)20)10(14(21)22)9(7)12(16)18;1-2-4-10-9(3-1)5-6-12-11(10)7-8-13-12/h1-4H,(H2,15,17)(H2,16,18)(H,19,20)(H,21,22);1-8H. The Bertz CT molecular complexity index is 1600. The maximum atomic E-state index is 11.7. The highest BCUT2D eigenvalue weighted by molar-refractivity contribution is 7.17. The minimum absolute atomic E-state index is 0.0220. The average Bonchev–Trinajstić information content (AvgIpc) is 3.32. The first kappa shape index (κ1) is 23.4. The first-order chi connectivity index (χ1) is 16.7. The molecule has 0 aliphatic rings. The molecule has 174 valence electrons. The summed E-state index contributed by atoms with van der Waals surface area (Å²) in [5, 5.41) is 24.8. The van der Waals surface area contributed by atoms with Gasteiger partial charge in [-0.05, 0) is 39.1 Å². The number of thiophene rings is 1. The van der Waals surface area contributed by atoms with Crippen molar-refractivity contribution in [3.05, 3.63) is 94.4 Å². The molecule has 8 nitrogen and oxygen atoms in total. The van der Waals surface area contributed by atoms with Gasteiger partial charge >= 0.3 is 11.9 Å². The summed E-state index contributed by atoms with van der Waals surface area (Å²) in [5.41, 5.74) is 7.77. The van der Waals surface area contributed by atoms with Crippen LogP contribution < -0.4 is 11.5 Å². The molecular weight excluding hydrogens is 468 g/mol. The summed E-state index contributed by atoms with van der Waals surface area (Å²) in [5.74, 6) is -5.59. The molecule has 0 unspecified atom stereocenters. The number of benzene rings is 4. The quantitative estimate of drug-likeness (QED) is 0.293. The molecule has 1 heterocycles. The van der Waals surface area contributed by atoms with Crippen LogP contribution in [-0.2, 0) is 0 Å². The van der Waals surface area contributed by atoms with E-state index in [1.165, 1.54) is 45.1 Å². The number of primary amides is 2. The van der Waals surface area contributed by atoms with Crippen LogP contribution in [0.4, 0.5) is 0 Å². The summed E-state index contributed by atoms with van der Waals surface area (Å²) >= 11 is 1.80. The maximum absolute atomic E-state index is 11.7. The van der Waals surface area contributed by atoms with Crippen molar-refractivity contribution in [3.63, 3.8) is 0 Å². The Morgan fingerprint density at radius 1 is 0.571 bits per heavy atom. The van der Waals surface area contributed by atoms with Gasteiger partial charge in [0.15, 0.2) is 0 Å². The molecule has 0 saturated heterocycles. The Labute approximate surface area is 202 Å². The predicted octanol–water partition coefficient (Wildman–Crippen LogP) is 4.49. The number of carbonyl (C=O) groups is 4. The van der Waals surface area contributed by atoms with E-state index in [2.05, 4.69) is 47.8 Å². The number of carbonyl (C=O) groups excluding carboxylic acids is 2. The van der Waals surface area contributed by atoms with Crippen LogP contribution >= 0.6 is 11.3 Å². The molecule has 0 aliphatic heterocycles. The second kappa shape index (κ2) is 9.24. The summed E-state index contributed by atoms with van der Waals surface area (Å²) in [6, 6.07) is 20.7. The Balaban J connectivity index is 0.000000186. The fourth-order valence-electron chi connectivity index (χ4n) is 4.10. The highest BCUT2D eigenvalue weighted by atomic mass is 32.1. The van der Waals surface area contributed by atoms with Gasteiger partial charge in [0.25, 0.3) is 0 Å². The normalized spacial score (nSPS) is 10.6. The molecule has 4 aromatic carbocycles. The van der Waals surface area contributed by atoms with Crippen LogP contribution in [0.1, 0.15) is 41.4 Å². The molecule has 0 bridgehead atoms. The fourth-order valence-corrected chi connectivity index (χ4v) is 4.90. The second-order valence-corrected chi connectivity index (χ2v) is 8.45. The molecule has 2 amide bonds. The number of nitrogens with two attached hydrogens (primary N) is 2. The molecule has 35 heavy (non-hydrogen) atoms. The maximum Gasteiger partial charge on any atom is 0.337 e. The highest BCUT2D eigenvalue weighted by Crippen LogP contribution is 2.31. The Kier molecular flexibility index (Phi) is 6.18. The molecule has 0 saturated carbocycles. The van der Waals surface area contributed by atoms with Crippen LogP contribution in [0.3, 0.4) is 0 Å². The first-order valence-electron chi connectivity index (χ1n) is 10.2. The van der Waals surface area contributed by atoms with Crippen molar-refractivity contribution >= 4 is 66.7 Å². The van der Waals surface area contributed by atoms with Crippen LogP contribution in [0.15, 0.2) is 72.1 Å². The minimum atomic E-state index is -1.69. The van der Waals surface area contributed by atoms with E-state index in [0.717, 1.165) is 0 Å². The third-order valence-electron chi connectivity index (χ3n) is 5.50. The van der Waals surface area contributed by atoms with Crippen molar-refractivity contribution in [3.8, 4) is 0 Å². The van der Waals surface area contributed by atoms with Crippen LogP contribution in [-0.4, -0.2) is 34.0 Å². The van der Waals surface area contributed by atoms with Crippen molar-refractivity contribution in [1.29, 1.82) is 0 Å². The van der Waals surface area contributed by atoms with E-state index in [0.29, 0.717) is 0 Å². The number of hydrogen-bond acceptors (Lipinski definition) is 5. The van der Waals surface area contributed by atoms with E-state index in [9.17, 15) is 29.4 Å². The smallest absolute Gasteiger partial charge is 0.337 e. The molecule has 0 fully saturated rings. The average molecular weight is 487 g/mol. The van der Waals surface area contributed by atoms with Gasteiger partial charge in [-0.3, -0.25) is 9.59 Å². The zero-order valence-corrected chi connectivity index (χ0v) is 18.8. The monoisotopic (exact) mass is 486 g/mol. The summed E-state index contributed by atoms with van der Waals surface area (Å²) < 4.78 is 1.37. The zero-order chi connectivity index (χ0) is 25.3. The molecule has 6 N–H and O–H groups in total. The number of fused-ring (bicyclic) bond motifs is 4. The molecule has 5 aromatic rings. The van der Waals surface area contributed by atoms with Crippen LogP contribution in [0, 0.1) is 0 Å². The SMILES string of the molecule is NC(=O)c1c(C(=O)O)c(C(=O)O)c2ccccc2c1C(N)=O.c1ccc2c(c1)ccc1sccc12. The highest BCUT2D eigenvalue weighted by Gasteiger charge is 2.31. The lowest BCUT2D eigenvalue weighted by Gasteiger charge is -2.15. The van der Waals surface area contributed by atoms with Gasteiger partial charge in [0, 0.05) is 10.1 Å². The molecule has 5 rings (SSSR count). The number of hydrogen-bond donors (Lipinski definition) is 4. The van der Waals surface area contributed by atoms with Crippen LogP contribution in [0.5, 0.6) is 0 Å². The Hall–Kier alpha value is -4.76. The molecular formula is C26H18N2O6S. The largest absolute Gasteiger partial charge is 0.478 e. The lowest BCUT2D eigenvalue weighted by Crippen LogP contribution is -2.26. The fraction of sp³-hybridized carbons (Fsp3) is 0. The zero-order valence-electron chi connectivity index (χ0n) is 18.0. The number of rotatable bonds is 4. The van der Waals surface area contributed by atoms with Gasteiger partial charge in [-0.1, -0.05) is 54.6 Å². The Morgan fingerprint density at radius 2 is 1.11 bits per heavy atom. The second-order valence-electron chi connectivity index (χ2n) is 7.50. The first-order valence-corrected chi connectivity index (χ1v) is 11.1. The van der Waals surface area contributed by atoms with Gasteiger partial charge in [0.1, 0.15) is 0 Å². The van der Waals surface area contributed by atoms with Gasteiger partial charge in [-0.25, -0.2) is 9.59 Å². The molecule has 0 atom stereocenters. The van der Waals surface area contributed by atoms with E-state index in [1.54, 1.807) is 11.3 Å². The van der Waals surface area contributed by atoms with Crippen molar-refractivity contribution in [2.75, 3.05) is 0 Å². The number of carboxylic acid groups (broad SMARTS) is 2. The predicted molar refractivity (Wildman–Crippen MR) is 134 cm³/mol. The molecule has 0 spiro atoms. The van der Waals surface area contributed by atoms with Gasteiger partial charge < -0.3 is 21.7 Å². The summed E-state index contributed by atoms with van der Waals surface area (Å²) in [4.78, 5) is 46.2. The van der Waals surface area contributed by atoms with Gasteiger partial charge in [0.05, 0.1) is 22.3 Å². The van der Waals surface area contributed by atoms with Crippen molar-refractivity contribution in [1.82, 2.24) is 0 Å². The van der Waals surface area contributed by atoms with E-state index >= 15 is 0 Å². The third kappa shape index (κ3) is 4.16. The molecule has 0 aliphatic carbocycles. The number of amides is 2. The molecule has 1 aromatic heterocycles. The van der Waals surface area contributed by atoms with Crippen molar-refractivity contribution in [2.24, 2.45) is 11.5 Å². The summed E-state index contributed by atoms with van der Waals surface area (Å²) in [7, 11) is 0. The number of carboxylic acids is 2. The van der Waals surface area contributed by atoms with Gasteiger partial charge in [-0.2, -0.15) is 0 Å². The lowest BCUT2D eigenvalue weighted by atomic mass is 9.88. The molecule has 0 radical (unpaired) electrons. The topological polar surface area (TPSA) is 161 Å². The van der Waals surface area contributed by atoms with E-state index in [-0.39, 0.29) is 10.8 Å². The number of aromatic carboxylic acids is 2. The van der Waals surface area contributed by atoms with Gasteiger partial charge in [0.2, 0.25) is 11.8 Å². The molecule has 9 heteroatoms. The summed E-state index contributed by atoms with van der Waals surface area (Å²) in [6.07, 6.45) is 0. The third-order valence-corrected chi connectivity index (χ3v) is 6.38. The van der Waals surface area contributed by atoms with Crippen LogP contribution in [0.25, 0.3) is 31.6 Å².